The van der Waals surface area contributed by atoms with Gasteiger partial charge in [0.25, 0.3) is 0 Å². The van der Waals surface area contributed by atoms with E-state index in [1.807, 2.05) is 10.7 Å². The van der Waals surface area contributed by atoms with Crippen molar-refractivity contribution in [3.8, 4) is 0 Å². The molecule has 3 rings (SSSR count). The fourth-order valence-corrected chi connectivity index (χ4v) is 2.74. The first-order chi connectivity index (χ1) is 8.76. The van der Waals surface area contributed by atoms with Gasteiger partial charge in [0, 0.05) is 18.2 Å². The predicted octanol–water partition coefficient (Wildman–Crippen LogP) is 1.74. The van der Waals surface area contributed by atoms with Crippen molar-refractivity contribution in [3.05, 3.63) is 18.5 Å². The number of fused-ring (bicyclic) bond motifs is 1. The molecule has 2 heterocycles. The number of aliphatic hydroxyl groups is 1. The first-order valence-corrected chi connectivity index (χ1v) is 6.47. The second kappa shape index (κ2) is 4.57. The first kappa shape index (κ1) is 11.5. The molecule has 1 aliphatic rings. The van der Waals surface area contributed by atoms with E-state index in [0.717, 1.165) is 36.6 Å². The zero-order valence-corrected chi connectivity index (χ0v) is 10.3. The maximum Gasteiger partial charge on any atom is 0.124 e. The zero-order valence-electron chi connectivity index (χ0n) is 10.3. The van der Waals surface area contributed by atoms with Gasteiger partial charge < -0.3 is 10.8 Å². The molecule has 96 valence electrons. The van der Waals surface area contributed by atoms with Gasteiger partial charge in [-0.15, -0.1) is 0 Å². The lowest BCUT2D eigenvalue weighted by Crippen LogP contribution is -2.20. The van der Waals surface area contributed by atoms with Crippen molar-refractivity contribution in [3.63, 3.8) is 0 Å². The van der Waals surface area contributed by atoms with Crippen LogP contribution >= 0.6 is 0 Å². The Bertz CT molecular complexity index is 543. The lowest BCUT2D eigenvalue weighted by molar-refractivity contribution is 0.165. The molecule has 0 radical (unpaired) electrons. The van der Waals surface area contributed by atoms with Gasteiger partial charge in [0.05, 0.1) is 12.2 Å². The van der Waals surface area contributed by atoms with Crippen molar-refractivity contribution in [2.45, 2.75) is 31.7 Å². The molecular weight excluding hydrogens is 228 g/mol. The zero-order chi connectivity index (χ0) is 12.5. The molecule has 0 amide bonds. The number of anilines is 1. The maximum absolute atomic E-state index is 9.15. The van der Waals surface area contributed by atoms with E-state index < -0.39 is 0 Å². The summed E-state index contributed by atoms with van der Waals surface area (Å²) in [6.07, 6.45) is 8.11. The Morgan fingerprint density at radius 3 is 2.83 bits per heavy atom. The highest BCUT2D eigenvalue weighted by Crippen LogP contribution is 2.32. The average molecular weight is 246 g/mol. The monoisotopic (exact) mass is 246 g/mol. The lowest BCUT2D eigenvalue weighted by atomic mass is 9.87. The van der Waals surface area contributed by atoms with Crippen LogP contribution in [0, 0.1) is 5.92 Å². The van der Waals surface area contributed by atoms with Crippen molar-refractivity contribution in [2.24, 2.45) is 5.92 Å². The molecule has 3 N–H and O–H groups in total. The number of nitrogen functional groups attached to an aromatic ring is 1. The van der Waals surface area contributed by atoms with E-state index >= 15 is 0 Å². The first-order valence-electron chi connectivity index (χ1n) is 6.47. The van der Waals surface area contributed by atoms with Crippen LogP contribution < -0.4 is 5.73 Å². The van der Waals surface area contributed by atoms with Crippen LogP contribution in [0.5, 0.6) is 0 Å². The van der Waals surface area contributed by atoms with Crippen LogP contribution in [0.25, 0.3) is 10.9 Å². The molecule has 0 aromatic carbocycles. The van der Waals surface area contributed by atoms with E-state index in [0.29, 0.717) is 24.4 Å². The Hall–Kier alpha value is -1.62. The van der Waals surface area contributed by atoms with Crippen LogP contribution in [0.1, 0.15) is 31.7 Å². The SMILES string of the molecule is Nc1cc2cn(C3CCC(CO)CC3)nc2cn1. The summed E-state index contributed by atoms with van der Waals surface area (Å²) < 4.78 is 2.04. The molecule has 0 atom stereocenters. The molecule has 0 spiro atoms. The molecule has 2 aromatic heterocycles. The van der Waals surface area contributed by atoms with E-state index in [-0.39, 0.29) is 0 Å². The molecule has 1 saturated carbocycles. The number of rotatable bonds is 2. The topological polar surface area (TPSA) is 77.0 Å². The Morgan fingerprint density at radius 1 is 1.33 bits per heavy atom. The Morgan fingerprint density at radius 2 is 2.11 bits per heavy atom. The van der Waals surface area contributed by atoms with Crippen molar-refractivity contribution < 1.29 is 5.11 Å². The van der Waals surface area contributed by atoms with Gasteiger partial charge in [0.15, 0.2) is 0 Å². The van der Waals surface area contributed by atoms with Gasteiger partial charge in [-0.05, 0) is 37.7 Å². The third kappa shape index (κ3) is 2.06. The van der Waals surface area contributed by atoms with Gasteiger partial charge in [-0.25, -0.2) is 4.98 Å². The number of nitrogens with two attached hydrogens (primary N) is 1. The number of hydrogen-bond donors (Lipinski definition) is 2. The summed E-state index contributed by atoms with van der Waals surface area (Å²) in [5, 5.41) is 14.8. The minimum Gasteiger partial charge on any atom is -0.396 e. The molecular formula is C13H18N4O. The van der Waals surface area contributed by atoms with Crippen LogP contribution in [-0.4, -0.2) is 26.5 Å². The largest absolute Gasteiger partial charge is 0.396 e. The molecule has 5 nitrogen and oxygen atoms in total. The highest BCUT2D eigenvalue weighted by atomic mass is 16.3. The summed E-state index contributed by atoms with van der Waals surface area (Å²) in [5.41, 5.74) is 6.57. The summed E-state index contributed by atoms with van der Waals surface area (Å²) >= 11 is 0. The van der Waals surface area contributed by atoms with E-state index in [1.165, 1.54) is 0 Å². The fourth-order valence-electron chi connectivity index (χ4n) is 2.74. The van der Waals surface area contributed by atoms with Crippen molar-refractivity contribution in [1.29, 1.82) is 0 Å². The molecule has 2 aromatic rings. The van der Waals surface area contributed by atoms with E-state index in [1.54, 1.807) is 6.20 Å². The molecule has 1 fully saturated rings. The normalized spacial score (nSPS) is 24.5. The molecule has 5 heteroatoms. The number of hydrogen-bond acceptors (Lipinski definition) is 4. The average Bonchev–Trinajstić information content (AvgIpc) is 2.81. The van der Waals surface area contributed by atoms with Crippen molar-refractivity contribution in [2.75, 3.05) is 12.3 Å². The second-order valence-electron chi connectivity index (χ2n) is 5.13. The van der Waals surface area contributed by atoms with Crippen LogP contribution in [0.2, 0.25) is 0 Å². The highest BCUT2D eigenvalue weighted by Gasteiger charge is 2.22. The quantitative estimate of drug-likeness (QED) is 0.846. The smallest absolute Gasteiger partial charge is 0.124 e. The summed E-state index contributed by atoms with van der Waals surface area (Å²) in [6, 6.07) is 2.31. The molecule has 1 aliphatic carbocycles. The summed E-state index contributed by atoms with van der Waals surface area (Å²) in [4.78, 5) is 4.06. The fraction of sp³-hybridized carbons (Fsp3) is 0.538. The van der Waals surface area contributed by atoms with Crippen molar-refractivity contribution >= 4 is 16.7 Å². The minimum absolute atomic E-state index is 0.314. The second-order valence-corrected chi connectivity index (χ2v) is 5.13. The lowest BCUT2D eigenvalue weighted by Gasteiger charge is -2.27. The van der Waals surface area contributed by atoms with Crippen LogP contribution in [0.15, 0.2) is 18.5 Å². The van der Waals surface area contributed by atoms with Crippen LogP contribution in [-0.2, 0) is 0 Å². The standard InChI is InChI=1S/C13H18N4O/c14-13-5-10-7-17(16-12(10)6-15-13)11-3-1-9(8-18)2-4-11/h5-7,9,11,18H,1-4,8,14H2. The number of pyridine rings is 1. The molecule has 0 saturated heterocycles. The number of aliphatic hydroxyl groups excluding tert-OH is 1. The minimum atomic E-state index is 0.314. The number of aromatic nitrogens is 3. The summed E-state index contributed by atoms with van der Waals surface area (Å²) in [6.45, 7) is 0.314. The molecule has 0 unspecified atom stereocenters. The van der Waals surface area contributed by atoms with E-state index in [2.05, 4.69) is 16.3 Å². The van der Waals surface area contributed by atoms with Gasteiger partial charge in [-0.2, -0.15) is 5.10 Å². The van der Waals surface area contributed by atoms with Gasteiger partial charge >= 0.3 is 0 Å². The third-order valence-electron chi connectivity index (χ3n) is 3.88. The van der Waals surface area contributed by atoms with Crippen LogP contribution in [0.4, 0.5) is 5.82 Å². The predicted molar refractivity (Wildman–Crippen MR) is 70.0 cm³/mol. The van der Waals surface area contributed by atoms with E-state index in [9.17, 15) is 0 Å². The third-order valence-corrected chi connectivity index (χ3v) is 3.88. The molecule has 18 heavy (non-hydrogen) atoms. The van der Waals surface area contributed by atoms with Gasteiger partial charge in [0.1, 0.15) is 11.3 Å². The summed E-state index contributed by atoms with van der Waals surface area (Å²) in [7, 11) is 0. The highest BCUT2D eigenvalue weighted by molar-refractivity contribution is 5.79. The Kier molecular flexibility index (Phi) is 2.91. The Labute approximate surface area is 106 Å². The van der Waals surface area contributed by atoms with Crippen molar-refractivity contribution in [1.82, 2.24) is 14.8 Å². The van der Waals surface area contributed by atoms with E-state index in [4.69, 9.17) is 10.8 Å². The van der Waals surface area contributed by atoms with Gasteiger partial charge in [-0.1, -0.05) is 0 Å². The number of nitrogens with zero attached hydrogens (tertiary/aromatic N) is 3. The summed E-state index contributed by atoms with van der Waals surface area (Å²) in [5.74, 6) is 1.01. The molecule has 0 aliphatic heterocycles. The van der Waals surface area contributed by atoms with Gasteiger partial charge in [-0.3, -0.25) is 4.68 Å². The molecule has 0 bridgehead atoms. The maximum atomic E-state index is 9.15. The van der Waals surface area contributed by atoms with Gasteiger partial charge in [0.2, 0.25) is 0 Å². The Balaban J connectivity index is 1.82. The van der Waals surface area contributed by atoms with Crippen LogP contribution in [0.3, 0.4) is 0 Å².